The van der Waals surface area contributed by atoms with Gasteiger partial charge in [0.05, 0.1) is 32.0 Å². The molecule has 1 saturated heterocycles. The van der Waals surface area contributed by atoms with E-state index in [-0.39, 0.29) is 30.5 Å². The van der Waals surface area contributed by atoms with Crippen molar-refractivity contribution in [3.05, 3.63) is 35.3 Å². The highest BCUT2D eigenvalue weighted by Crippen LogP contribution is 2.68. The van der Waals surface area contributed by atoms with Gasteiger partial charge in [-0.15, -0.1) is 0 Å². The molecule has 5 rings (SSSR count). The van der Waals surface area contributed by atoms with E-state index < -0.39 is 52.2 Å². The zero-order valence-corrected chi connectivity index (χ0v) is 22.4. The van der Waals surface area contributed by atoms with E-state index in [1.807, 2.05) is 26.8 Å². The average Bonchev–Trinajstić information content (AvgIpc) is 3.36. The van der Waals surface area contributed by atoms with Crippen LogP contribution in [0.15, 0.2) is 34.2 Å². The van der Waals surface area contributed by atoms with Crippen molar-refractivity contribution in [2.75, 3.05) is 7.11 Å². The number of ketones is 1. The number of Topliss-reactive ketones (excluding diaryl/α,β-unsaturated/α-hetero) is 1. The minimum Gasteiger partial charge on any atom is -0.472 e. The maximum atomic E-state index is 14.2. The largest absolute Gasteiger partial charge is 0.472 e. The Hall–Kier alpha value is -2.90. The van der Waals surface area contributed by atoms with E-state index in [1.54, 1.807) is 12.5 Å². The number of cyclic esters (lactones) is 1. The van der Waals surface area contributed by atoms with E-state index in [0.29, 0.717) is 6.42 Å². The number of carbonyl (C=O) groups excluding carboxylic acids is 4. The summed E-state index contributed by atoms with van der Waals surface area (Å²) in [5, 5.41) is 0. The highest BCUT2D eigenvalue weighted by atomic mass is 16.6. The fraction of sp³-hybridized carbons (Fsp3) is 0.655. The van der Waals surface area contributed by atoms with Crippen LogP contribution in [0, 0.1) is 34.0 Å². The standard InChI is InChI=1S/C29H36O8/c1-15(30)36-26-18-11-17-19(29(5,24(18)33)21(27(26,2)3)13-22(31)34-6)7-9-28(4)20(17)12-23(32)37-25(28)16-8-10-35-14-16/h8,10,14,18-19,21,25-26H,7,9,11-13H2,1-6H3/t18?,19?,21?,25?,26?,28-,29-/m1/s1. The van der Waals surface area contributed by atoms with E-state index in [9.17, 15) is 19.2 Å². The Bertz CT molecular complexity index is 1180. The number of hydrogen-bond acceptors (Lipinski definition) is 8. The number of furan rings is 1. The van der Waals surface area contributed by atoms with Gasteiger partial charge in [0.2, 0.25) is 0 Å². The molecule has 3 fully saturated rings. The first kappa shape index (κ1) is 25.7. The third-order valence-electron chi connectivity index (χ3n) is 10.1. The Kier molecular flexibility index (Phi) is 5.96. The fourth-order valence-electron chi connectivity index (χ4n) is 8.37. The zero-order valence-electron chi connectivity index (χ0n) is 22.4. The molecule has 2 heterocycles. The molecule has 0 radical (unpaired) electrons. The van der Waals surface area contributed by atoms with Crippen molar-refractivity contribution in [2.24, 2.45) is 34.0 Å². The summed E-state index contributed by atoms with van der Waals surface area (Å²) in [6.07, 6.45) is 4.12. The van der Waals surface area contributed by atoms with E-state index in [1.165, 1.54) is 14.0 Å². The Morgan fingerprint density at radius 2 is 1.89 bits per heavy atom. The van der Waals surface area contributed by atoms with Gasteiger partial charge in [-0.3, -0.25) is 19.2 Å². The molecule has 37 heavy (non-hydrogen) atoms. The van der Waals surface area contributed by atoms with Crippen LogP contribution in [0.25, 0.3) is 0 Å². The summed E-state index contributed by atoms with van der Waals surface area (Å²) in [5.41, 5.74) is 0.968. The number of methoxy groups -OCH3 is 1. The van der Waals surface area contributed by atoms with Gasteiger partial charge < -0.3 is 18.6 Å². The summed E-state index contributed by atoms with van der Waals surface area (Å²) < 4.78 is 22.1. The van der Waals surface area contributed by atoms with Crippen LogP contribution in [0.3, 0.4) is 0 Å². The SMILES string of the molecule is COC(=O)CC1C(C)(C)C(OC(C)=O)C2CC3=C4CC(=O)OC(c5ccoc5)[C@]4(C)CCC3[C@@]1(C)C2=O. The van der Waals surface area contributed by atoms with Gasteiger partial charge in [-0.1, -0.05) is 33.3 Å². The van der Waals surface area contributed by atoms with Crippen LogP contribution in [0.5, 0.6) is 0 Å². The Labute approximate surface area is 217 Å². The lowest BCUT2D eigenvalue weighted by atomic mass is 9.40. The summed E-state index contributed by atoms with van der Waals surface area (Å²) in [6.45, 7) is 9.43. The molecule has 3 aliphatic carbocycles. The zero-order chi connectivity index (χ0) is 26.9. The molecule has 1 aromatic heterocycles. The predicted molar refractivity (Wildman–Crippen MR) is 131 cm³/mol. The molecule has 7 atom stereocenters. The van der Waals surface area contributed by atoms with Crippen molar-refractivity contribution in [3.63, 3.8) is 0 Å². The number of fused-ring (bicyclic) bond motifs is 5. The molecule has 8 heteroatoms. The van der Waals surface area contributed by atoms with Crippen molar-refractivity contribution >= 4 is 23.7 Å². The van der Waals surface area contributed by atoms with Crippen LogP contribution < -0.4 is 0 Å². The lowest BCUT2D eigenvalue weighted by Gasteiger charge is -2.63. The summed E-state index contributed by atoms with van der Waals surface area (Å²) in [5.74, 6) is -2.20. The smallest absolute Gasteiger partial charge is 0.310 e. The molecule has 0 aromatic carbocycles. The lowest BCUT2D eigenvalue weighted by Crippen LogP contribution is -2.66. The summed E-state index contributed by atoms with van der Waals surface area (Å²) in [7, 11) is 1.35. The molecule has 0 amide bonds. The molecule has 2 bridgehead atoms. The fourth-order valence-corrected chi connectivity index (χ4v) is 8.37. The highest BCUT2D eigenvalue weighted by molar-refractivity contribution is 5.92. The third-order valence-corrected chi connectivity index (χ3v) is 10.1. The van der Waals surface area contributed by atoms with Crippen molar-refractivity contribution in [1.82, 2.24) is 0 Å². The first-order chi connectivity index (χ1) is 17.4. The summed E-state index contributed by atoms with van der Waals surface area (Å²) in [6, 6.07) is 1.83. The Morgan fingerprint density at radius 1 is 1.16 bits per heavy atom. The molecule has 8 nitrogen and oxygen atoms in total. The first-order valence-electron chi connectivity index (χ1n) is 13.1. The van der Waals surface area contributed by atoms with Crippen LogP contribution in [0.4, 0.5) is 0 Å². The molecule has 2 saturated carbocycles. The number of carbonyl (C=O) groups is 4. The molecule has 200 valence electrons. The Balaban J connectivity index is 1.69. The average molecular weight is 513 g/mol. The van der Waals surface area contributed by atoms with E-state index in [2.05, 4.69) is 6.92 Å². The van der Waals surface area contributed by atoms with E-state index in [0.717, 1.165) is 29.6 Å². The Morgan fingerprint density at radius 3 is 2.51 bits per heavy atom. The van der Waals surface area contributed by atoms with Crippen LogP contribution in [0.1, 0.15) is 78.4 Å². The molecule has 0 N–H and O–H groups in total. The molecular weight excluding hydrogens is 476 g/mol. The second-order valence-electron chi connectivity index (χ2n) is 12.3. The monoisotopic (exact) mass is 512 g/mol. The van der Waals surface area contributed by atoms with Crippen LogP contribution in [0.2, 0.25) is 0 Å². The van der Waals surface area contributed by atoms with Gasteiger partial charge in [0, 0.05) is 35.2 Å². The first-order valence-corrected chi connectivity index (χ1v) is 13.1. The second-order valence-corrected chi connectivity index (χ2v) is 12.3. The van der Waals surface area contributed by atoms with Gasteiger partial charge in [0.15, 0.2) is 0 Å². The molecule has 4 aliphatic rings. The van der Waals surface area contributed by atoms with Gasteiger partial charge in [-0.05, 0) is 42.7 Å². The quantitative estimate of drug-likeness (QED) is 0.324. The molecule has 0 spiro atoms. The number of allylic oxidation sites excluding steroid dienone is 1. The minimum absolute atomic E-state index is 0.0368. The van der Waals surface area contributed by atoms with Crippen LogP contribution in [-0.4, -0.2) is 36.9 Å². The number of rotatable bonds is 4. The highest BCUT2D eigenvalue weighted by Gasteiger charge is 2.68. The van der Waals surface area contributed by atoms with Gasteiger partial charge in [0.25, 0.3) is 0 Å². The van der Waals surface area contributed by atoms with Gasteiger partial charge in [-0.25, -0.2) is 0 Å². The maximum Gasteiger partial charge on any atom is 0.310 e. The van der Waals surface area contributed by atoms with Crippen molar-refractivity contribution in [1.29, 1.82) is 0 Å². The van der Waals surface area contributed by atoms with Crippen molar-refractivity contribution in [2.45, 2.75) is 78.9 Å². The predicted octanol–water partition coefficient (Wildman–Crippen LogP) is 4.73. The van der Waals surface area contributed by atoms with E-state index >= 15 is 0 Å². The van der Waals surface area contributed by atoms with Crippen molar-refractivity contribution in [3.8, 4) is 0 Å². The van der Waals surface area contributed by atoms with E-state index in [4.69, 9.17) is 18.6 Å². The minimum atomic E-state index is -0.868. The maximum absolute atomic E-state index is 14.2. The second kappa shape index (κ2) is 8.57. The lowest BCUT2D eigenvalue weighted by molar-refractivity contribution is -0.197. The molecule has 1 aliphatic heterocycles. The normalized spacial score (nSPS) is 38.3. The molecule has 5 unspecified atom stereocenters. The summed E-state index contributed by atoms with van der Waals surface area (Å²) in [4.78, 5) is 52.0. The number of hydrogen-bond donors (Lipinski definition) is 0. The summed E-state index contributed by atoms with van der Waals surface area (Å²) >= 11 is 0. The van der Waals surface area contributed by atoms with Gasteiger partial charge in [-0.2, -0.15) is 0 Å². The van der Waals surface area contributed by atoms with Crippen LogP contribution >= 0.6 is 0 Å². The van der Waals surface area contributed by atoms with Gasteiger partial charge >= 0.3 is 17.9 Å². The van der Waals surface area contributed by atoms with Crippen LogP contribution in [-0.2, 0) is 33.4 Å². The third kappa shape index (κ3) is 3.62. The number of esters is 3. The van der Waals surface area contributed by atoms with Crippen molar-refractivity contribution < 1.29 is 37.8 Å². The topological polar surface area (TPSA) is 109 Å². The van der Waals surface area contributed by atoms with Gasteiger partial charge in [0.1, 0.15) is 18.0 Å². The number of ether oxygens (including phenoxy) is 3. The molecule has 1 aromatic rings. The molecular formula is C29H36O8.